The minimum Gasteiger partial charge on any atom is -0.508 e. The second-order valence-electron chi connectivity index (χ2n) is 7.16. The molecule has 0 bridgehead atoms. The zero-order valence-electron chi connectivity index (χ0n) is 16.0. The minimum atomic E-state index is -1.64. The zero-order chi connectivity index (χ0) is 22.3. The highest BCUT2D eigenvalue weighted by Gasteiger charge is 2.44. The van der Waals surface area contributed by atoms with Gasteiger partial charge >= 0.3 is 0 Å². The van der Waals surface area contributed by atoms with Gasteiger partial charge in [0, 0.05) is 12.1 Å². The summed E-state index contributed by atoms with van der Waals surface area (Å²) in [5, 5.41) is 58.8. The molecule has 4 rings (SSSR count). The summed E-state index contributed by atoms with van der Waals surface area (Å²) in [6.45, 7) is -0.622. The van der Waals surface area contributed by atoms with E-state index >= 15 is 0 Å². The fourth-order valence-corrected chi connectivity index (χ4v) is 3.41. The fourth-order valence-electron chi connectivity index (χ4n) is 3.41. The standard InChI is InChI=1S/C21H20O10/c22-7-15-18(26)19(27)20(28)21(31-15)30-11-5-13(24)16-14(6-11)29-8-12(17(16)25)9-1-3-10(23)4-2-9/h1-6,8,15,18-24,26-28H,7H2/t15?,18-,19-,20?,21+/m0/s1. The Morgan fingerprint density at radius 1 is 0.968 bits per heavy atom. The van der Waals surface area contributed by atoms with E-state index < -0.39 is 48.5 Å². The molecule has 0 spiro atoms. The number of phenolic OH excluding ortho intramolecular Hbond substituents is 2. The lowest BCUT2D eigenvalue weighted by Gasteiger charge is -2.39. The molecule has 0 aliphatic carbocycles. The average molecular weight is 432 g/mol. The van der Waals surface area contributed by atoms with E-state index in [-0.39, 0.29) is 28.0 Å². The van der Waals surface area contributed by atoms with Crippen molar-refractivity contribution in [2.75, 3.05) is 6.61 Å². The molecule has 31 heavy (non-hydrogen) atoms. The summed E-state index contributed by atoms with van der Waals surface area (Å²) in [5.41, 5.74) is 0.135. The largest absolute Gasteiger partial charge is 0.508 e. The first-order valence-corrected chi connectivity index (χ1v) is 9.35. The second-order valence-corrected chi connectivity index (χ2v) is 7.16. The van der Waals surface area contributed by atoms with Crippen molar-refractivity contribution in [1.82, 2.24) is 0 Å². The van der Waals surface area contributed by atoms with E-state index in [1.807, 2.05) is 0 Å². The smallest absolute Gasteiger partial charge is 0.229 e. The SMILES string of the molecule is O=c1c(-c2ccc(O)cc2)coc2cc(O[C@@H]3OC(CO)[C@H](O)[C@H](O)C3O)cc(O)c12. The van der Waals surface area contributed by atoms with Gasteiger partial charge in [-0.2, -0.15) is 0 Å². The van der Waals surface area contributed by atoms with Gasteiger partial charge in [0.1, 0.15) is 58.9 Å². The lowest BCUT2D eigenvalue weighted by molar-refractivity contribution is -0.277. The Bertz CT molecular complexity index is 1140. The number of hydrogen-bond acceptors (Lipinski definition) is 10. The van der Waals surface area contributed by atoms with Crippen LogP contribution in [-0.2, 0) is 4.74 Å². The number of benzene rings is 2. The fraction of sp³-hybridized carbons (Fsp3) is 0.286. The van der Waals surface area contributed by atoms with Gasteiger partial charge in [-0.05, 0) is 17.7 Å². The van der Waals surface area contributed by atoms with Gasteiger partial charge in [-0.25, -0.2) is 0 Å². The molecule has 164 valence electrons. The van der Waals surface area contributed by atoms with Gasteiger partial charge in [-0.1, -0.05) is 12.1 Å². The number of rotatable bonds is 4. The summed E-state index contributed by atoms with van der Waals surface area (Å²) in [6.07, 6.45) is -6.23. The Kier molecular flexibility index (Phi) is 5.56. The third kappa shape index (κ3) is 3.82. The molecule has 6 N–H and O–H groups in total. The Morgan fingerprint density at radius 2 is 1.68 bits per heavy atom. The number of aromatic hydroxyl groups is 2. The molecule has 1 aliphatic rings. The third-order valence-corrected chi connectivity index (χ3v) is 5.11. The molecule has 3 aromatic rings. The normalized spacial score (nSPS) is 26.1. The molecule has 2 aromatic carbocycles. The topological polar surface area (TPSA) is 170 Å². The highest BCUT2D eigenvalue weighted by Crippen LogP contribution is 2.32. The average Bonchev–Trinajstić information content (AvgIpc) is 2.75. The van der Waals surface area contributed by atoms with Gasteiger partial charge in [-0.3, -0.25) is 4.79 Å². The molecule has 0 saturated carbocycles. The Morgan fingerprint density at radius 3 is 2.35 bits per heavy atom. The first-order chi connectivity index (χ1) is 14.8. The van der Waals surface area contributed by atoms with Gasteiger partial charge in [0.2, 0.25) is 11.7 Å². The molecule has 10 heteroatoms. The third-order valence-electron chi connectivity index (χ3n) is 5.11. The van der Waals surface area contributed by atoms with Crippen molar-refractivity contribution in [2.45, 2.75) is 30.7 Å². The van der Waals surface area contributed by atoms with E-state index in [1.54, 1.807) is 0 Å². The lowest BCUT2D eigenvalue weighted by atomic mass is 9.99. The summed E-state index contributed by atoms with van der Waals surface area (Å²) < 4.78 is 16.2. The van der Waals surface area contributed by atoms with Crippen LogP contribution in [0.15, 0.2) is 51.9 Å². The van der Waals surface area contributed by atoms with Crippen LogP contribution < -0.4 is 10.2 Å². The van der Waals surface area contributed by atoms with E-state index in [2.05, 4.69) is 0 Å². The molecule has 2 heterocycles. The van der Waals surface area contributed by atoms with Crippen LogP contribution in [0.4, 0.5) is 0 Å². The van der Waals surface area contributed by atoms with Gasteiger partial charge in [0.05, 0.1) is 12.2 Å². The molecule has 1 aliphatic heterocycles. The Labute approximate surface area is 174 Å². The molecule has 1 aromatic heterocycles. The molecular formula is C21H20O10. The van der Waals surface area contributed by atoms with E-state index in [1.165, 1.54) is 36.6 Å². The van der Waals surface area contributed by atoms with Crippen LogP contribution in [-0.4, -0.2) is 68.0 Å². The van der Waals surface area contributed by atoms with Crippen LogP contribution in [0.1, 0.15) is 0 Å². The monoisotopic (exact) mass is 432 g/mol. The van der Waals surface area contributed by atoms with Crippen LogP contribution in [0.5, 0.6) is 17.2 Å². The van der Waals surface area contributed by atoms with E-state index in [9.17, 15) is 35.4 Å². The summed E-state index contributed by atoms with van der Waals surface area (Å²) in [5.74, 6) is -0.465. The van der Waals surface area contributed by atoms with Crippen LogP contribution >= 0.6 is 0 Å². The zero-order valence-corrected chi connectivity index (χ0v) is 16.0. The number of hydrogen-bond donors (Lipinski definition) is 6. The van der Waals surface area contributed by atoms with Crippen molar-refractivity contribution in [3.63, 3.8) is 0 Å². The first-order valence-electron chi connectivity index (χ1n) is 9.35. The predicted molar refractivity (Wildman–Crippen MR) is 106 cm³/mol. The number of aliphatic hydroxyl groups is 4. The van der Waals surface area contributed by atoms with Gasteiger partial charge < -0.3 is 44.5 Å². The van der Waals surface area contributed by atoms with Crippen LogP contribution in [0, 0.1) is 0 Å². The second kappa shape index (κ2) is 8.17. The molecule has 1 saturated heterocycles. The maximum atomic E-state index is 12.9. The summed E-state index contributed by atoms with van der Waals surface area (Å²) in [4.78, 5) is 12.9. The van der Waals surface area contributed by atoms with Gasteiger partial charge in [0.15, 0.2) is 0 Å². The molecule has 0 radical (unpaired) electrons. The van der Waals surface area contributed by atoms with Crippen molar-refractivity contribution in [1.29, 1.82) is 0 Å². The lowest BCUT2D eigenvalue weighted by Crippen LogP contribution is -2.60. The highest BCUT2D eigenvalue weighted by molar-refractivity contribution is 5.88. The molecule has 1 fully saturated rings. The Balaban J connectivity index is 1.68. The number of aliphatic hydroxyl groups excluding tert-OH is 4. The summed E-state index contributed by atoms with van der Waals surface area (Å²) in [7, 11) is 0. The summed E-state index contributed by atoms with van der Waals surface area (Å²) >= 11 is 0. The number of phenols is 2. The number of ether oxygens (including phenoxy) is 2. The van der Waals surface area contributed by atoms with E-state index in [4.69, 9.17) is 13.9 Å². The van der Waals surface area contributed by atoms with Crippen LogP contribution in [0.2, 0.25) is 0 Å². The van der Waals surface area contributed by atoms with Crippen molar-refractivity contribution in [3.05, 3.63) is 52.9 Å². The maximum absolute atomic E-state index is 12.9. The van der Waals surface area contributed by atoms with Crippen molar-refractivity contribution < 1.29 is 44.5 Å². The minimum absolute atomic E-state index is 0.00730. The highest BCUT2D eigenvalue weighted by atomic mass is 16.7. The molecule has 0 amide bonds. The number of fused-ring (bicyclic) bond motifs is 1. The van der Waals surface area contributed by atoms with Crippen molar-refractivity contribution in [3.8, 4) is 28.4 Å². The predicted octanol–water partition coefficient (Wildman–Crippen LogP) is 0.0499. The molecule has 10 nitrogen and oxygen atoms in total. The summed E-state index contributed by atoms with van der Waals surface area (Å²) in [6, 6.07) is 8.29. The van der Waals surface area contributed by atoms with Gasteiger partial charge in [-0.15, -0.1) is 0 Å². The van der Waals surface area contributed by atoms with Crippen molar-refractivity contribution >= 4 is 11.0 Å². The van der Waals surface area contributed by atoms with Crippen LogP contribution in [0.25, 0.3) is 22.1 Å². The van der Waals surface area contributed by atoms with Crippen molar-refractivity contribution in [2.24, 2.45) is 0 Å². The maximum Gasteiger partial charge on any atom is 0.229 e. The van der Waals surface area contributed by atoms with E-state index in [0.29, 0.717) is 5.56 Å². The van der Waals surface area contributed by atoms with Crippen LogP contribution in [0.3, 0.4) is 0 Å². The molecule has 2 unspecified atom stereocenters. The van der Waals surface area contributed by atoms with Gasteiger partial charge in [0.25, 0.3) is 0 Å². The van der Waals surface area contributed by atoms with E-state index in [0.717, 1.165) is 6.07 Å². The first kappa shape index (κ1) is 21.1. The molecular weight excluding hydrogens is 412 g/mol. The Hall–Kier alpha value is -3.15. The quantitative estimate of drug-likeness (QED) is 0.331. The molecule has 5 atom stereocenters.